The van der Waals surface area contributed by atoms with Crippen LogP contribution in [0.5, 0.6) is 0 Å². The van der Waals surface area contributed by atoms with Gasteiger partial charge in [0, 0.05) is 73.3 Å². The number of hydrogen-bond donors (Lipinski definition) is 22. The smallest absolute Gasteiger partial charge is 0.407 e. The molecule has 4 unspecified atom stereocenters. The molecule has 12 amide bonds. The summed E-state index contributed by atoms with van der Waals surface area (Å²) in [6, 6.07) is -1.76. The summed E-state index contributed by atoms with van der Waals surface area (Å²) in [4.78, 5) is 192. The summed E-state index contributed by atoms with van der Waals surface area (Å²) >= 11 is 0. The molecule has 43 heteroatoms. The Kier molecular flexibility index (Phi) is 48.5. The van der Waals surface area contributed by atoms with Gasteiger partial charge in [0.15, 0.2) is 0 Å². The highest BCUT2D eigenvalue weighted by Crippen LogP contribution is 2.30. The number of hydrogen-bond acceptors (Lipinski definition) is 30. The van der Waals surface area contributed by atoms with Gasteiger partial charge in [0.05, 0.1) is 87.7 Å². The molecule has 0 radical (unpaired) electrons. The van der Waals surface area contributed by atoms with Gasteiger partial charge in [0.2, 0.25) is 65.0 Å². The zero-order valence-corrected chi connectivity index (χ0v) is 70.0. The average molecular weight is 1700 g/mol. The number of amides is 12. The lowest BCUT2D eigenvalue weighted by molar-refractivity contribution is -0.148. The van der Waals surface area contributed by atoms with Gasteiger partial charge in [-0.3, -0.25) is 57.6 Å². The standard InChI is InChI=1S/C76H130N14O29/c1-14-41(6)62(89(11)73(111)60(39(2)3)87-72(110)61(40(4)5)88(9)10)54(116-12)32-59(101)90-28-18-22-49(90)67(117-13)42(7)68(106)86-46(30-44-20-16-15-17-21-44)70(108)78-26-19-29-118-75(114)43(8)82-57(99)31-47(74(112)113)83-56(98)25-27-79-76(115)119-38-48(84-58(100)33-77)71(109)85-45(69(107)81-35-51(94)64(103)66(105)53(96)37-92)23-24-55(97)80-34-50(93)63(102)65(104)52(95)36-91/h15-17,20-21,39-43,45-54,60-67,91-96,102-105H,14,18-19,22-38,77H2,1-13H3,(H,78,108)(H,79,115)(H,80,97)(H,81,107)(H,82,99)(H,83,98)(H,84,100)(H,85,109)(H,86,106)(H,87,110)(H,112,113)/t41-,42+,43?,45?,46-,47?,48?,49-,50-,51-,52+,53+,54+,60-,61-,62-,63+,64+,65+,66+,67+/m0/s1. The SMILES string of the molecule is CC[C@H](C)[C@@H]([C@@H](CC(=O)N1CCC[C@H]1[C@H](OC)[C@@H](C)C(=O)N[C@@H](Cc1ccccc1)C(=O)NCCCOC(=O)C(C)NC(=O)CC(NC(=O)CCNC(=O)OCC(NC(=O)CN)C(=O)NC(CCC(=O)NC[C@H](O)[C@@H](O)[C@H](O)[C@H](O)CO)C(=O)NC[C@H](O)[C@@H](O)[C@H](O)[C@H](O)CO)C(=O)O)OC)N(C)C(=O)[C@@H](NC(=O)[C@H](C(C)C)N(C)C)C(C)C. The summed E-state index contributed by atoms with van der Waals surface area (Å²) in [5.74, 6) is -12.6. The number of aliphatic hydroxyl groups excluding tert-OH is 10. The first-order valence-corrected chi connectivity index (χ1v) is 39.6. The molecule has 0 aromatic heterocycles. The number of aliphatic hydroxyl groups is 10. The number of methoxy groups -OCH3 is 2. The van der Waals surface area contributed by atoms with E-state index in [9.17, 15) is 113 Å². The van der Waals surface area contributed by atoms with Crippen LogP contribution in [0.2, 0.25) is 0 Å². The van der Waals surface area contributed by atoms with Crippen LogP contribution in [0.4, 0.5) is 4.79 Å². The van der Waals surface area contributed by atoms with Crippen LogP contribution >= 0.6 is 0 Å². The number of carbonyl (C=O) groups excluding carboxylic acids is 13. The Balaban J connectivity index is 2.08. The Morgan fingerprint density at radius 3 is 1.69 bits per heavy atom. The molecule has 1 aromatic carbocycles. The second-order valence-corrected chi connectivity index (χ2v) is 30.3. The Morgan fingerprint density at radius 2 is 1.15 bits per heavy atom. The molecule has 0 bridgehead atoms. The van der Waals surface area contributed by atoms with Crippen LogP contribution in [0.1, 0.15) is 119 Å². The quantitative estimate of drug-likeness (QED) is 0.0213. The first-order chi connectivity index (χ1) is 56.0. The fraction of sp³-hybridized carbons (Fsp3) is 0.737. The van der Waals surface area contributed by atoms with Crippen LogP contribution in [-0.4, -0.2) is 370 Å². The van der Waals surface area contributed by atoms with Crippen LogP contribution in [0, 0.1) is 23.7 Å². The summed E-state index contributed by atoms with van der Waals surface area (Å²) in [5, 5.41) is 132. The van der Waals surface area contributed by atoms with E-state index in [2.05, 4.69) is 53.2 Å². The van der Waals surface area contributed by atoms with Gasteiger partial charge in [-0.2, -0.15) is 0 Å². The highest BCUT2D eigenvalue weighted by Gasteiger charge is 2.45. The molecule has 1 aliphatic heterocycles. The fourth-order valence-electron chi connectivity index (χ4n) is 13.2. The average Bonchev–Trinajstić information content (AvgIpc) is 1.77. The van der Waals surface area contributed by atoms with Crippen molar-refractivity contribution in [2.45, 2.75) is 235 Å². The van der Waals surface area contributed by atoms with Crippen molar-refractivity contribution in [3.05, 3.63) is 35.9 Å². The number of alkyl carbamates (subject to hydrolysis) is 1. The molecule has 0 aliphatic carbocycles. The van der Waals surface area contributed by atoms with Crippen LogP contribution < -0.4 is 58.9 Å². The number of nitrogens with one attached hydrogen (secondary N) is 10. The molecule has 1 saturated heterocycles. The van der Waals surface area contributed by atoms with Crippen LogP contribution in [0.15, 0.2) is 30.3 Å². The summed E-state index contributed by atoms with van der Waals surface area (Å²) in [6.45, 7) is 8.32. The van der Waals surface area contributed by atoms with Gasteiger partial charge in [-0.25, -0.2) is 14.4 Å². The number of likely N-dealkylation sites (N-methyl/N-ethyl adjacent to an activating group) is 2. The number of carboxylic acids is 1. The molecule has 21 atom stereocenters. The van der Waals surface area contributed by atoms with Crippen molar-refractivity contribution in [3.63, 3.8) is 0 Å². The van der Waals surface area contributed by atoms with Gasteiger partial charge in [0.1, 0.15) is 79.5 Å². The van der Waals surface area contributed by atoms with Crippen LogP contribution in [0.25, 0.3) is 0 Å². The topological polar surface area (TPSA) is 654 Å². The van der Waals surface area contributed by atoms with Crippen molar-refractivity contribution >= 4 is 83.0 Å². The number of rotatable bonds is 56. The Morgan fingerprint density at radius 1 is 0.580 bits per heavy atom. The van der Waals surface area contributed by atoms with E-state index in [4.69, 9.17) is 34.9 Å². The number of carboxylic acid groups (broad SMARTS) is 1. The molecule has 1 heterocycles. The Bertz CT molecular complexity index is 3380. The summed E-state index contributed by atoms with van der Waals surface area (Å²) in [5.41, 5.74) is 6.11. The first-order valence-electron chi connectivity index (χ1n) is 39.6. The molecule has 119 heavy (non-hydrogen) atoms. The van der Waals surface area contributed by atoms with E-state index >= 15 is 0 Å². The number of nitrogens with two attached hydrogens (primary N) is 1. The lowest BCUT2D eigenvalue weighted by atomic mass is 9.89. The number of benzene rings is 1. The lowest BCUT2D eigenvalue weighted by Crippen LogP contribution is -2.59. The van der Waals surface area contributed by atoms with Gasteiger partial charge in [0.25, 0.3) is 0 Å². The molecule has 23 N–H and O–H groups in total. The van der Waals surface area contributed by atoms with Crippen LogP contribution in [-0.2, 0) is 87.7 Å². The van der Waals surface area contributed by atoms with E-state index in [1.165, 1.54) is 21.1 Å². The number of likely N-dealkylation sites (tertiary alicyclic amines) is 1. The number of carbonyl (C=O) groups is 14. The molecule has 43 nitrogen and oxygen atoms in total. The number of aliphatic carboxylic acids is 1. The van der Waals surface area contributed by atoms with E-state index in [1.807, 2.05) is 46.4 Å². The maximum atomic E-state index is 14.6. The van der Waals surface area contributed by atoms with E-state index < -0.39 is 258 Å². The number of ether oxygens (including phenoxy) is 4. The maximum Gasteiger partial charge on any atom is 0.407 e. The van der Waals surface area contributed by atoms with E-state index in [-0.39, 0.29) is 67.9 Å². The molecular formula is C76H130N14O29. The summed E-state index contributed by atoms with van der Waals surface area (Å²) in [7, 11) is 8.19. The minimum absolute atomic E-state index is 0.0392. The fourth-order valence-corrected chi connectivity index (χ4v) is 13.2. The van der Waals surface area contributed by atoms with E-state index in [0.717, 1.165) is 0 Å². The highest BCUT2D eigenvalue weighted by molar-refractivity contribution is 5.94. The van der Waals surface area contributed by atoms with Crippen molar-refractivity contribution in [1.82, 2.24) is 67.9 Å². The molecule has 1 aliphatic rings. The Labute approximate surface area is 692 Å². The van der Waals surface area contributed by atoms with Crippen molar-refractivity contribution in [2.75, 3.05) is 101 Å². The van der Waals surface area contributed by atoms with Crippen molar-refractivity contribution in [2.24, 2.45) is 29.4 Å². The monoisotopic (exact) mass is 1700 g/mol. The molecular weight excluding hydrogens is 1570 g/mol. The van der Waals surface area contributed by atoms with Crippen LogP contribution in [0.3, 0.4) is 0 Å². The third-order valence-electron chi connectivity index (χ3n) is 20.3. The normalized spacial score (nSPS) is 17.9. The van der Waals surface area contributed by atoms with Crippen molar-refractivity contribution in [1.29, 1.82) is 0 Å². The van der Waals surface area contributed by atoms with E-state index in [0.29, 0.717) is 31.4 Å². The minimum Gasteiger partial charge on any atom is -0.480 e. The first kappa shape index (κ1) is 106. The van der Waals surface area contributed by atoms with E-state index in [1.54, 1.807) is 68.2 Å². The van der Waals surface area contributed by atoms with Gasteiger partial charge >= 0.3 is 18.0 Å². The minimum atomic E-state index is -2.17. The highest BCUT2D eigenvalue weighted by atomic mass is 16.6. The Hall–Kier alpha value is -8.96. The predicted octanol–water partition coefficient (Wildman–Crippen LogP) is -8.20. The predicted molar refractivity (Wildman–Crippen MR) is 422 cm³/mol. The second kappa shape index (κ2) is 54.3. The maximum absolute atomic E-state index is 14.6. The number of esters is 1. The third-order valence-corrected chi connectivity index (χ3v) is 20.3. The molecule has 1 fully saturated rings. The second-order valence-electron chi connectivity index (χ2n) is 30.3. The largest absolute Gasteiger partial charge is 0.480 e. The molecule has 1 aromatic rings. The molecule has 0 saturated carbocycles. The zero-order chi connectivity index (χ0) is 90.2. The van der Waals surface area contributed by atoms with Gasteiger partial charge < -0.3 is 144 Å². The molecule has 0 spiro atoms. The lowest BCUT2D eigenvalue weighted by Gasteiger charge is -2.41. The zero-order valence-electron chi connectivity index (χ0n) is 70.0. The summed E-state index contributed by atoms with van der Waals surface area (Å²) in [6.07, 6.45) is -20.4. The van der Waals surface area contributed by atoms with Gasteiger partial charge in [-0.1, -0.05) is 85.2 Å². The van der Waals surface area contributed by atoms with Crippen molar-refractivity contribution in [3.8, 4) is 0 Å². The summed E-state index contributed by atoms with van der Waals surface area (Å²) < 4.78 is 22.4. The third kappa shape index (κ3) is 35.7. The van der Waals surface area contributed by atoms with Gasteiger partial charge in [-0.05, 0) is 70.0 Å². The molecule has 2 rings (SSSR count). The molecule has 678 valence electrons. The van der Waals surface area contributed by atoms with Crippen molar-refractivity contribution < 1.29 is 142 Å². The van der Waals surface area contributed by atoms with Gasteiger partial charge in [-0.15, -0.1) is 0 Å². The number of nitrogens with zero attached hydrogens (tertiary/aromatic N) is 3.